The Morgan fingerprint density at radius 1 is 1.42 bits per heavy atom. The van der Waals surface area contributed by atoms with Gasteiger partial charge in [-0.25, -0.2) is 4.68 Å². The minimum Gasteiger partial charge on any atom is -0.481 e. The third kappa shape index (κ3) is 4.27. The molecule has 1 saturated heterocycles. The first-order chi connectivity index (χ1) is 9.15. The van der Waals surface area contributed by atoms with Gasteiger partial charge in [-0.2, -0.15) is 0 Å². The lowest BCUT2D eigenvalue weighted by Crippen LogP contribution is -2.33. The Hall–Kier alpha value is -1.50. The van der Waals surface area contributed by atoms with Gasteiger partial charge in [-0.1, -0.05) is 6.92 Å². The standard InChI is InChI=1S/C12H21N5O2/c1-10-4-7-16(8-5-10)9-11-13-14-15-17(11)6-2-3-12(18)19/h10H,2-9H2,1H3,(H,18,19). The highest BCUT2D eigenvalue weighted by molar-refractivity contribution is 5.66. The second-order valence-electron chi connectivity index (χ2n) is 5.27. The fourth-order valence-corrected chi connectivity index (χ4v) is 2.31. The van der Waals surface area contributed by atoms with Gasteiger partial charge in [0.2, 0.25) is 0 Å². The van der Waals surface area contributed by atoms with Gasteiger partial charge in [-0.3, -0.25) is 9.69 Å². The first-order valence-electron chi connectivity index (χ1n) is 6.84. The van der Waals surface area contributed by atoms with E-state index in [2.05, 4.69) is 27.3 Å². The van der Waals surface area contributed by atoms with Gasteiger partial charge in [0.15, 0.2) is 5.82 Å². The zero-order chi connectivity index (χ0) is 13.7. The molecule has 2 rings (SSSR count). The van der Waals surface area contributed by atoms with Crippen molar-refractivity contribution >= 4 is 5.97 Å². The molecule has 1 fully saturated rings. The highest BCUT2D eigenvalue weighted by atomic mass is 16.4. The summed E-state index contributed by atoms with van der Waals surface area (Å²) >= 11 is 0. The van der Waals surface area contributed by atoms with Crippen molar-refractivity contribution in [3.05, 3.63) is 5.82 Å². The van der Waals surface area contributed by atoms with Gasteiger partial charge in [0.25, 0.3) is 0 Å². The quantitative estimate of drug-likeness (QED) is 0.819. The minimum absolute atomic E-state index is 0.153. The highest BCUT2D eigenvalue weighted by Crippen LogP contribution is 2.17. The number of hydrogen-bond acceptors (Lipinski definition) is 5. The molecule has 1 aromatic rings. The Morgan fingerprint density at radius 2 is 2.16 bits per heavy atom. The number of hydrogen-bond donors (Lipinski definition) is 1. The van der Waals surface area contributed by atoms with E-state index in [4.69, 9.17) is 5.11 Å². The van der Waals surface area contributed by atoms with Gasteiger partial charge in [-0.15, -0.1) is 5.10 Å². The van der Waals surface area contributed by atoms with Gasteiger partial charge in [-0.05, 0) is 48.7 Å². The topological polar surface area (TPSA) is 84.1 Å². The van der Waals surface area contributed by atoms with Crippen molar-refractivity contribution in [2.45, 2.75) is 45.7 Å². The van der Waals surface area contributed by atoms with E-state index in [9.17, 15) is 4.79 Å². The van der Waals surface area contributed by atoms with Crippen LogP contribution in [0.15, 0.2) is 0 Å². The molecule has 1 aromatic heterocycles. The summed E-state index contributed by atoms with van der Waals surface area (Å²) in [7, 11) is 0. The molecule has 0 aromatic carbocycles. The summed E-state index contributed by atoms with van der Waals surface area (Å²) in [5, 5.41) is 20.3. The lowest BCUT2D eigenvalue weighted by Gasteiger charge is -2.29. The molecule has 1 aliphatic heterocycles. The maximum absolute atomic E-state index is 10.5. The molecule has 0 radical (unpaired) electrons. The third-order valence-corrected chi connectivity index (χ3v) is 3.61. The monoisotopic (exact) mass is 267 g/mol. The molecule has 2 heterocycles. The van der Waals surface area contributed by atoms with Crippen molar-refractivity contribution in [2.24, 2.45) is 5.92 Å². The predicted molar refractivity (Wildman–Crippen MR) is 68.4 cm³/mol. The number of aliphatic carboxylic acids is 1. The molecule has 0 bridgehead atoms. The SMILES string of the molecule is CC1CCN(Cc2nnnn2CCCC(=O)O)CC1. The lowest BCUT2D eigenvalue weighted by atomic mass is 9.99. The Balaban J connectivity index is 1.83. The number of rotatable bonds is 6. The van der Waals surface area contributed by atoms with E-state index in [1.807, 2.05) is 0 Å². The van der Waals surface area contributed by atoms with Crippen molar-refractivity contribution in [1.29, 1.82) is 0 Å². The molecule has 0 amide bonds. The molecule has 1 aliphatic rings. The number of nitrogens with zero attached hydrogens (tertiary/aromatic N) is 5. The van der Waals surface area contributed by atoms with Crippen LogP contribution in [0.25, 0.3) is 0 Å². The zero-order valence-electron chi connectivity index (χ0n) is 11.3. The average Bonchev–Trinajstić information content (AvgIpc) is 2.79. The van der Waals surface area contributed by atoms with E-state index < -0.39 is 5.97 Å². The normalized spacial score (nSPS) is 17.7. The molecular weight excluding hydrogens is 246 g/mol. The number of likely N-dealkylation sites (tertiary alicyclic amines) is 1. The average molecular weight is 267 g/mol. The molecule has 0 spiro atoms. The highest BCUT2D eigenvalue weighted by Gasteiger charge is 2.18. The van der Waals surface area contributed by atoms with Crippen molar-refractivity contribution < 1.29 is 9.90 Å². The summed E-state index contributed by atoms with van der Waals surface area (Å²) < 4.78 is 1.72. The Morgan fingerprint density at radius 3 is 2.84 bits per heavy atom. The number of piperidine rings is 1. The van der Waals surface area contributed by atoms with Crippen molar-refractivity contribution in [3.8, 4) is 0 Å². The molecule has 0 aliphatic carbocycles. The minimum atomic E-state index is -0.778. The number of aryl methyl sites for hydroxylation is 1. The Bertz CT molecular complexity index is 412. The van der Waals surface area contributed by atoms with E-state index in [0.717, 1.165) is 31.4 Å². The fourth-order valence-electron chi connectivity index (χ4n) is 2.31. The van der Waals surface area contributed by atoms with Crippen LogP contribution in [0.3, 0.4) is 0 Å². The molecule has 0 atom stereocenters. The first-order valence-corrected chi connectivity index (χ1v) is 6.84. The Labute approximate surface area is 112 Å². The van der Waals surface area contributed by atoms with Gasteiger partial charge in [0, 0.05) is 13.0 Å². The van der Waals surface area contributed by atoms with E-state index >= 15 is 0 Å². The van der Waals surface area contributed by atoms with Crippen LogP contribution in [-0.4, -0.2) is 49.3 Å². The number of carboxylic acid groups (broad SMARTS) is 1. The molecular formula is C12H21N5O2. The Kier molecular flexibility index (Phi) is 4.84. The largest absolute Gasteiger partial charge is 0.481 e. The van der Waals surface area contributed by atoms with Gasteiger partial charge in [0.1, 0.15) is 0 Å². The van der Waals surface area contributed by atoms with Gasteiger partial charge in [0.05, 0.1) is 6.54 Å². The van der Waals surface area contributed by atoms with Crippen LogP contribution in [0.1, 0.15) is 38.4 Å². The number of carbonyl (C=O) groups is 1. The zero-order valence-corrected chi connectivity index (χ0v) is 11.3. The van der Waals surface area contributed by atoms with Gasteiger partial charge < -0.3 is 5.11 Å². The molecule has 106 valence electrons. The lowest BCUT2D eigenvalue weighted by molar-refractivity contribution is -0.137. The molecule has 0 saturated carbocycles. The second-order valence-corrected chi connectivity index (χ2v) is 5.27. The summed E-state index contributed by atoms with van der Waals surface area (Å²) in [6, 6.07) is 0. The summed E-state index contributed by atoms with van der Waals surface area (Å²) in [5.74, 6) is 0.863. The maximum Gasteiger partial charge on any atom is 0.303 e. The van der Waals surface area contributed by atoms with Crippen LogP contribution in [0, 0.1) is 5.92 Å². The fraction of sp³-hybridized carbons (Fsp3) is 0.833. The predicted octanol–water partition coefficient (Wildman–Crippen LogP) is 0.770. The molecule has 1 N–H and O–H groups in total. The summed E-state index contributed by atoms with van der Waals surface area (Å²) in [5.41, 5.74) is 0. The summed E-state index contributed by atoms with van der Waals surface area (Å²) in [4.78, 5) is 12.9. The van der Waals surface area contributed by atoms with E-state index in [0.29, 0.717) is 13.0 Å². The number of aromatic nitrogens is 4. The maximum atomic E-state index is 10.5. The third-order valence-electron chi connectivity index (χ3n) is 3.61. The van der Waals surface area contributed by atoms with Crippen molar-refractivity contribution in [2.75, 3.05) is 13.1 Å². The summed E-state index contributed by atoms with van der Waals surface area (Å²) in [6.07, 6.45) is 3.16. The van der Waals surface area contributed by atoms with Crippen LogP contribution in [0.4, 0.5) is 0 Å². The second kappa shape index (κ2) is 6.60. The first kappa shape index (κ1) is 13.9. The number of tetrazole rings is 1. The van der Waals surface area contributed by atoms with E-state index in [1.54, 1.807) is 4.68 Å². The molecule has 19 heavy (non-hydrogen) atoms. The molecule has 7 nitrogen and oxygen atoms in total. The smallest absolute Gasteiger partial charge is 0.303 e. The van der Waals surface area contributed by atoms with Gasteiger partial charge >= 0.3 is 5.97 Å². The molecule has 0 unspecified atom stereocenters. The van der Waals surface area contributed by atoms with Crippen LogP contribution in [0.2, 0.25) is 0 Å². The van der Waals surface area contributed by atoms with Crippen LogP contribution in [0.5, 0.6) is 0 Å². The number of carboxylic acids is 1. The van der Waals surface area contributed by atoms with E-state index in [1.165, 1.54) is 12.8 Å². The van der Waals surface area contributed by atoms with Crippen LogP contribution >= 0.6 is 0 Å². The van der Waals surface area contributed by atoms with Crippen LogP contribution < -0.4 is 0 Å². The molecule has 7 heteroatoms. The van der Waals surface area contributed by atoms with Crippen LogP contribution in [-0.2, 0) is 17.9 Å². The summed E-state index contributed by atoms with van der Waals surface area (Å²) in [6.45, 7) is 5.78. The van der Waals surface area contributed by atoms with E-state index in [-0.39, 0.29) is 6.42 Å². The van der Waals surface area contributed by atoms with Crippen molar-refractivity contribution in [3.63, 3.8) is 0 Å². The van der Waals surface area contributed by atoms with Crippen molar-refractivity contribution in [1.82, 2.24) is 25.1 Å².